The van der Waals surface area contributed by atoms with Crippen LogP contribution in [0.25, 0.3) is 0 Å². The molecule has 1 aliphatic heterocycles. The first-order chi connectivity index (χ1) is 12.8. The zero-order chi connectivity index (χ0) is 19.2. The van der Waals surface area contributed by atoms with Gasteiger partial charge in [-0.3, -0.25) is 4.90 Å². The quantitative estimate of drug-likeness (QED) is 0.823. The number of hydrogen-bond donors (Lipinski definition) is 1. The van der Waals surface area contributed by atoms with Crippen molar-refractivity contribution in [3.63, 3.8) is 0 Å². The fraction of sp³-hybridized carbons (Fsp3) is 0.750. The largest absolute Gasteiger partial charge is 0.378 e. The van der Waals surface area contributed by atoms with Crippen LogP contribution in [0.4, 0.5) is 5.69 Å². The SMILES string of the molecule is CN(C)c1ccc(CN2CCC(N[C@@H]3C[C@H]4CC[C@]3(C)C4(C)C)CC2)cc1. The molecule has 2 saturated carbocycles. The molecule has 150 valence electrons. The lowest BCUT2D eigenvalue weighted by atomic mass is 9.69. The molecular weight excluding hydrogens is 330 g/mol. The second kappa shape index (κ2) is 7.08. The van der Waals surface area contributed by atoms with Gasteiger partial charge in [0.1, 0.15) is 0 Å². The molecule has 0 spiro atoms. The maximum Gasteiger partial charge on any atom is 0.0361 e. The van der Waals surface area contributed by atoms with Crippen molar-refractivity contribution in [1.29, 1.82) is 0 Å². The summed E-state index contributed by atoms with van der Waals surface area (Å²) in [6, 6.07) is 10.5. The van der Waals surface area contributed by atoms with E-state index in [0.29, 0.717) is 16.9 Å². The fourth-order valence-corrected chi connectivity index (χ4v) is 6.16. The van der Waals surface area contributed by atoms with Crippen molar-refractivity contribution in [2.45, 2.75) is 71.5 Å². The van der Waals surface area contributed by atoms with Crippen LogP contribution >= 0.6 is 0 Å². The van der Waals surface area contributed by atoms with Crippen molar-refractivity contribution < 1.29 is 0 Å². The number of fused-ring (bicyclic) bond motifs is 2. The second-order valence-corrected chi connectivity index (χ2v) is 10.4. The molecule has 1 N–H and O–H groups in total. The number of likely N-dealkylation sites (tertiary alicyclic amines) is 1. The molecule has 1 heterocycles. The predicted octanol–water partition coefficient (Wildman–Crippen LogP) is 4.52. The molecule has 3 heteroatoms. The Morgan fingerprint density at radius 2 is 1.70 bits per heavy atom. The molecule has 3 fully saturated rings. The molecule has 3 atom stereocenters. The van der Waals surface area contributed by atoms with E-state index in [1.165, 1.54) is 56.4 Å². The van der Waals surface area contributed by atoms with Crippen LogP contribution in [0, 0.1) is 16.7 Å². The Morgan fingerprint density at radius 3 is 2.22 bits per heavy atom. The molecule has 0 unspecified atom stereocenters. The predicted molar refractivity (Wildman–Crippen MR) is 115 cm³/mol. The van der Waals surface area contributed by atoms with E-state index in [4.69, 9.17) is 0 Å². The summed E-state index contributed by atoms with van der Waals surface area (Å²) in [6.07, 6.45) is 6.87. The third-order valence-corrected chi connectivity index (χ3v) is 8.68. The van der Waals surface area contributed by atoms with Gasteiger partial charge < -0.3 is 10.2 Å². The van der Waals surface area contributed by atoms with Crippen molar-refractivity contribution in [3.05, 3.63) is 29.8 Å². The average molecular weight is 370 g/mol. The van der Waals surface area contributed by atoms with Gasteiger partial charge in [0.25, 0.3) is 0 Å². The molecule has 4 rings (SSSR count). The van der Waals surface area contributed by atoms with E-state index < -0.39 is 0 Å². The molecule has 27 heavy (non-hydrogen) atoms. The number of benzene rings is 1. The van der Waals surface area contributed by atoms with Crippen LogP contribution in [-0.4, -0.2) is 44.2 Å². The highest BCUT2D eigenvalue weighted by molar-refractivity contribution is 5.45. The Bertz CT molecular complexity index is 642. The number of hydrogen-bond acceptors (Lipinski definition) is 3. The summed E-state index contributed by atoms with van der Waals surface area (Å²) in [5, 5.41) is 4.12. The summed E-state index contributed by atoms with van der Waals surface area (Å²) in [6.45, 7) is 11.2. The Balaban J connectivity index is 1.27. The molecule has 1 aromatic rings. The average Bonchev–Trinajstić information content (AvgIpc) is 2.97. The van der Waals surface area contributed by atoms with Crippen LogP contribution in [0.15, 0.2) is 24.3 Å². The topological polar surface area (TPSA) is 18.5 Å². The molecule has 1 aromatic carbocycles. The Morgan fingerprint density at radius 1 is 1.04 bits per heavy atom. The summed E-state index contributed by atoms with van der Waals surface area (Å²) in [5.41, 5.74) is 3.74. The highest BCUT2D eigenvalue weighted by Crippen LogP contribution is 2.65. The minimum absolute atomic E-state index is 0.503. The van der Waals surface area contributed by atoms with Gasteiger partial charge in [0.2, 0.25) is 0 Å². The summed E-state index contributed by atoms with van der Waals surface area (Å²) in [7, 11) is 4.20. The molecule has 0 radical (unpaired) electrons. The fourth-order valence-electron chi connectivity index (χ4n) is 6.16. The van der Waals surface area contributed by atoms with Crippen LogP contribution in [0.1, 0.15) is 58.4 Å². The first-order valence-corrected chi connectivity index (χ1v) is 11.0. The maximum absolute atomic E-state index is 4.12. The van der Waals surface area contributed by atoms with Gasteiger partial charge in [-0.15, -0.1) is 0 Å². The van der Waals surface area contributed by atoms with E-state index >= 15 is 0 Å². The van der Waals surface area contributed by atoms with Gasteiger partial charge in [-0.1, -0.05) is 32.9 Å². The Kier molecular flexibility index (Phi) is 5.05. The third kappa shape index (κ3) is 3.42. The zero-order valence-electron chi connectivity index (χ0n) is 18.1. The number of piperidine rings is 1. The molecule has 3 nitrogen and oxygen atoms in total. The van der Waals surface area contributed by atoms with Gasteiger partial charge in [-0.25, -0.2) is 0 Å². The first kappa shape index (κ1) is 19.3. The third-order valence-electron chi connectivity index (χ3n) is 8.68. The van der Waals surface area contributed by atoms with E-state index in [-0.39, 0.29) is 0 Å². The molecule has 2 bridgehead atoms. The number of nitrogens with zero attached hydrogens (tertiary/aromatic N) is 2. The summed E-state index contributed by atoms with van der Waals surface area (Å²) in [5.74, 6) is 0.935. The summed E-state index contributed by atoms with van der Waals surface area (Å²) >= 11 is 0. The van der Waals surface area contributed by atoms with Crippen LogP contribution in [0.5, 0.6) is 0 Å². The van der Waals surface area contributed by atoms with Crippen molar-refractivity contribution in [2.75, 3.05) is 32.1 Å². The zero-order valence-corrected chi connectivity index (χ0v) is 18.1. The van der Waals surface area contributed by atoms with Gasteiger partial charge in [-0.2, -0.15) is 0 Å². The lowest BCUT2D eigenvalue weighted by Crippen LogP contribution is -2.51. The molecule has 0 aromatic heterocycles. The molecular formula is C24H39N3. The monoisotopic (exact) mass is 369 g/mol. The standard InChI is InChI=1S/C24H39N3/c1-23(2)19-10-13-24(23,3)22(16-19)25-20-11-14-27(15-12-20)17-18-6-8-21(9-7-18)26(4)5/h6-9,19-20,22,25H,10-17H2,1-5H3/t19-,22-,24+/m1/s1. The van der Waals surface area contributed by atoms with Crippen molar-refractivity contribution in [2.24, 2.45) is 16.7 Å². The highest BCUT2D eigenvalue weighted by Gasteiger charge is 2.61. The van der Waals surface area contributed by atoms with Gasteiger partial charge >= 0.3 is 0 Å². The molecule has 2 aliphatic carbocycles. The van der Waals surface area contributed by atoms with Crippen LogP contribution in [-0.2, 0) is 6.54 Å². The summed E-state index contributed by atoms with van der Waals surface area (Å²) < 4.78 is 0. The van der Waals surface area contributed by atoms with Crippen molar-refractivity contribution in [1.82, 2.24) is 10.2 Å². The van der Waals surface area contributed by atoms with Crippen molar-refractivity contribution >= 4 is 5.69 Å². The normalized spacial score (nSPS) is 33.5. The number of anilines is 1. The van der Waals surface area contributed by atoms with Gasteiger partial charge in [-0.05, 0) is 79.6 Å². The van der Waals surface area contributed by atoms with E-state index in [0.717, 1.165) is 18.5 Å². The van der Waals surface area contributed by atoms with Gasteiger partial charge in [0.05, 0.1) is 0 Å². The molecule has 0 amide bonds. The smallest absolute Gasteiger partial charge is 0.0361 e. The second-order valence-electron chi connectivity index (χ2n) is 10.4. The number of rotatable bonds is 5. The first-order valence-electron chi connectivity index (χ1n) is 11.0. The lowest BCUT2D eigenvalue weighted by molar-refractivity contribution is 0.103. The maximum atomic E-state index is 4.12. The van der Waals surface area contributed by atoms with E-state index in [9.17, 15) is 0 Å². The summed E-state index contributed by atoms with van der Waals surface area (Å²) in [4.78, 5) is 4.80. The Labute approximate surface area is 166 Å². The van der Waals surface area contributed by atoms with E-state index in [1.54, 1.807) is 0 Å². The molecule has 1 saturated heterocycles. The van der Waals surface area contributed by atoms with E-state index in [2.05, 4.69) is 74.2 Å². The Hall–Kier alpha value is -1.06. The van der Waals surface area contributed by atoms with Gasteiger partial charge in [0, 0.05) is 38.4 Å². The molecule has 3 aliphatic rings. The highest BCUT2D eigenvalue weighted by atomic mass is 15.1. The van der Waals surface area contributed by atoms with Crippen molar-refractivity contribution in [3.8, 4) is 0 Å². The lowest BCUT2D eigenvalue weighted by Gasteiger charge is -2.42. The van der Waals surface area contributed by atoms with E-state index in [1.807, 2.05) is 0 Å². The number of nitrogens with one attached hydrogen (secondary N) is 1. The minimum Gasteiger partial charge on any atom is -0.378 e. The minimum atomic E-state index is 0.503. The van der Waals surface area contributed by atoms with Gasteiger partial charge in [0.15, 0.2) is 0 Å². The van der Waals surface area contributed by atoms with Crippen LogP contribution in [0.2, 0.25) is 0 Å². The van der Waals surface area contributed by atoms with Crippen LogP contribution < -0.4 is 10.2 Å². The van der Waals surface area contributed by atoms with Crippen LogP contribution in [0.3, 0.4) is 0 Å².